The minimum Gasteiger partial charge on any atom is -0.318 e. The molecule has 7 heteroatoms. The van der Waals surface area contributed by atoms with Crippen LogP contribution >= 0.6 is 0 Å². The third kappa shape index (κ3) is 3.90. The first-order valence-corrected chi connectivity index (χ1v) is 8.15. The number of benzene rings is 1. The van der Waals surface area contributed by atoms with Gasteiger partial charge in [-0.3, -0.25) is 4.68 Å². The van der Waals surface area contributed by atoms with Crippen molar-refractivity contribution >= 4 is 10.0 Å². The normalized spacial score (nSPS) is 12.0. The summed E-state index contributed by atoms with van der Waals surface area (Å²) in [7, 11) is -0.0931. The first-order chi connectivity index (χ1) is 10.0. The number of nitrogens with zero attached hydrogens (tertiary/aromatic N) is 3. The molecule has 0 atom stereocenters. The molecular weight excluding hydrogens is 288 g/mol. The van der Waals surface area contributed by atoms with Gasteiger partial charge in [-0.05, 0) is 12.6 Å². The second-order valence-corrected chi connectivity index (χ2v) is 6.83. The van der Waals surface area contributed by atoms with Gasteiger partial charge in [0.1, 0.15) is 4.90 Å². The summed E-state index contributed by atoms with van der Waals surface area (Å²) in [5, 5.41) is 7.08. The van der Waals surface area contributed by atoms with Crippen LogP contribution < -0.4 is 5.32 Å². The molecule has 1 heterocycles. The fraction of sp³-hybridized carbons (Fsp3) is 0.357. The summed E-state index contributed by atoms with van der Waals surface area (Å²) < 4.78 is 27.9. The summed E-state index contributed by atoms with van der Waals surface area (Å²) in [6, 6.07) is 9.51. The highest BCUT2D eigenvalue weighted by Gasteiger charge is 2.22. The molecule has 0 saturated heterocycles. The van der Waals surface area contributed by atoms with Gasteiger partial charge in [-0.1, -0.05) is 30.3 Å². The van der Waals surface area contributed by atoms with Gasteiger partial charge >= 0.3 is 0 Å². The van der Waals surface area contributed by atoms with Crippen LogP contribution in [0.15, 0.2) is 47.6 Å². The molecule has 21 heavy (non-hydrogen) atoms. The maximum absolute atomic E-state index is 12.5. The predicted octanol–water partition coefficient (Wildman–Crippen LogP) is 0.923. The van der Waals surface area contributed by atoms with E-state index in [2.05, 4.69) is 10.4 Å². The van der Waals surface area contributed by atoms with E-state index in [4.69, 9.17) is 0 Å². The van der Waals surface area contributed by atoms with Gasteiger partial charge in [0.05, 0.1) is 12.7 Å². The lowest BCUT2D eigenvalue weighted by molar-refractivity contribution is 0.466. The zero-order valence-electron chi connectivity index (χ0n) is 12.2. The lowest BCUT2D eigenvalue weighted by atomic mass is 10.2. The standard InChI is InChI=1S/C14H20N4O2S/c1-15-8-9-18-12-14(10-16-18)21(19,20)17(2)11-13-6-4-3-5-7-13/h3-7,10,12,15H,8-9,11H2,1-2H3. The highest BCUT2D eigenvalue weighted by Crippen LogP contribution is 2.15. The maximum Gasteiger partial charge on any atom is 0.246 e. The molecule has 0 fully saturated rings. The number of hydrogen-bond acceptors (Lipinski definition) is 4. The van der Waals surface area contributed by atoms with E-state index >= 15 is 0 Å². The van der Waals surface area contributed by atoms with Gasteiger partial charge in [0, 0.05) is 26.3 Å². The lowest BCUT2D eigenvalue weighted by Crippen LogP contribution is -2.26. The van der Waals surface area contributed by atoms with Crippen LogP contribution in [0.2, 0.25) is 0 Å². The number of sulfonamides is 1. The molecule has 0 unspecified atom stereocenters. The highest BCUT2D eigenvalue weighted by molar-refractivity contribution is 7.89. The summed E-state index contributed by atoms with van der Waals surface area (Å²) >= 11 is 0. The van der Waals surface area contributed by atoms with Crippen molar-refractivity contribution in [3.63, 3.8) is 0 Å². The predicted molar refractivity (Wildman–Crippen MR) is 81.2 cm³/mol. The lowest BCUT2D eigenvalue weighted by Gasteiger charge is -2.15. The SMILES string of the molecule is CNCCn1cc(S(=O)(=O)N(C)Cc2ccccc2)cn1. The molecule has 0 amide bonds. The van der Waals surface area contributed by atoms with Crippen LogP contribution in [0.4, 0.5) is 0 Å². The summed E-state index contributed by atoms with van der Waals surface area (Å²) in [6.07, 6.45) is 2.96. The van der Waals surface area contributed by atoms with Crippen molar-refractivity contribution in [2.45, 2.75) is 18.0 Å². The second-order valence-electron chi connectivity index (χ2n) is 4.79. The Hall–Kier alpha value is -1.70. The minimum absolute atomic E-state index is 0.219. The van der Waals surface area contributed by atoms with Gasteiger partial charge < -0.3 is 5.32 Å². The zero-order valence-corrected chi connectivity index (χ0v) is 13.0. The number of hydrogen-bond donors (Lipinski definition) is 1. The molecule has 0 radical (unpaired) electrons. The second kappa shape index (κ2) is 6.84. The molecule has 2 aromatic rings. The van der Waals surface area contributed by atoms with E-state index in [0.29, 0.717) is 13.1 Å². The van der Waals surface area contributed by atoms with Crippen LogP contribution in [-0.2, 0) is 23.1 Å². The number of aromatic nitrogens is 2. The fourth-order valence-corrected chi connectivity index (χ4v) is 3.05. The molecule has 0 spiro atoms. The van der Waals surface area contributed by atoms with Crippen molar-refractivity contribution in [1.82, 2.24) is 19.4 Å². The molecule has 2 rings (SSSR count). The van der Waals surface area contributed by atoms with E-state index in [1.807, 2.05) is 37.4 Å². The Morgan fingerprint density at radius 2 is 2.00 bits per heavy atom. The van der Waals surface area contributed by atoms with Gasteiger partial charge in [-0.25, -0.2) is 8.42 Å². The smallest absolute Gasteiger partial charge is 0.246 e. The van der Waals surface area contributed by atoms with Crippen molar-refractivity contribution in [2.75, 3.05) is 20.6 Å². The molecular formula is C14H20N4O2S. The number of rotatable bonds is 7. The number of likely N-dealkylation sites (N-methyl/N-ethyl adjacent to an activating group) is 1. The molecule has 114 valence electrons. The van der Waals surface area contributed by atoms with E-state index in [9.17, 15) is 8.42 Å². The first kappa shape index (κ1) is 15.7. The average Bonchev–Trinajstić information content (AvgIpc) is 2.95. The Morgan fingerprint density at radius 3 is 2.67 bits per heavy atom. The van der Waals surface area contributed by atoms with Crippen molar-refractivity contribution < 1.29 is 8.42 Å². The fourth-order valence-electron chi connectivity index (χ4n) is 1.93. The van der Waals surface area contributed by atoms with Crippen LogP contribution in [0, 0.1) is 0 Å². The van der Waals surface area contributed by atoms with E-state index < -0.39 is 10.0 Å². The topological polar surface area (TPSA) is 67.2 Å². The van der Waals surface area contributed by atoms with Crippen LogP contribution in [0.3, 0.4) is 0 Å². The van der Waals surface area contributed by atoms with Crippen LogP contribution in [0.5, 0.6) is 0 Å². The Bertz CT molecular complexity index is 667. The van der Waals surface area contributed by atoms with Gasteiger partial charge in [0.15, 0.2) is 0 Å². The van der Waals surface area contributed by atoms with E-state index in [1.54, 1.807) is 17.9 Å². The summed E-state index contributed by atoms with van der Waals surface area (Å²) in [4.78, 5) is 0.219. The largest absolute Gasteiger partial charge is 0.318 e. The molecule has 0 bridgehead atoms. The molecule has 0 aliphatic heterocycles. The monoisotopic (exact) mass is 308 g/mol. The number of nitrogens with one attached hydrogen (secondary N) is 1. The molecule has 1 N–H and O–H groups in total. The minimum atomic E-state index is -3.51. The van der Waals surface area contributed by atoms with Crippen LogP contribution in [-0.4, -0.2) is 43.1 Å². The molecule has 1 aromatic carbocycles. The Morgan fingerprint density at radius 1 is 1.29 bits per heavy atom. The van der Waals surface area contributed by atoms with E-state index in [1.165, 1.54) is 10.5 Å². The molecule has 0 saturated carbocycles. The van der Waals surface area contributed by atoms with Gasteiger partial charge in [-0.15, -0.1) is 0 Å². The van der Waals surface area contributed by atoms with Crippen LogP contribution in [0.25, 0.3) is 0 Å². The zero-order chi connectivity index (χ0) is 15.3. The molecule has 0 aliphatic carbocycles. The molecule has 0 aliphatic rings. The third-order valence-corrected chi connectivity index (χ3v) is 4.91. The first-order valence-electron chi connectivity index (χ1n) is 6.71. The molecule has 1 aromatic heterocycles. The van der Waals surface area contributed by atoms with Crippen molar-refractivity contribution in [1.29, 1.82) is 0 Å². The highest BCUT2D eigenvalue weighted by atomic mass is 32.2. The van der Waals surface area contributed by atoms with E-state index in [0.717, 1.165) is 12.1 Å². The quantitative estimate of drug-likeness (QED) is 0.826. The Kier molecular flexibility index (Phi) is 5.11. The van der Waals surface area contributed by atoms with Gasteiger partial charge in [0.2, 0.25) is 10.0 Å². The summed E-state index contributed by atoms with van der Waals surface area (Å²) in [5.41, 5.74) is 0.950. The summed E-state index contributed by atoms with van der Waals surface area (Å²) in [5.74, 6) is 0. The Balaban J connectivity index is 2.11. The third-order valence-electron chi connectivity index (χ3n) is 3.16. The van der Waals surface area contributed by atoms with Crippen molar-refractivity contribution in [3.05, 3.63) is 48.3 Å². The van der Waals surface area contributed by atoms with Crippen molar-refractivity contribution in [2.24, 2.45) is 0 Å². The average molecular weight is 308 g/mol. The Labute approximate surface area is 125 Å². The summed E-state index contributed by atoms with van der Waals surface area (Å²) in [6.45, 7) is 1.71. The molecule has 6 nitrogen and oxygen atoms in total. The van der Waals surface area contributed by atoms with Crippen LogP contribution in [0.1, 0.15) is 5.56 Å². The van der Waals surface area contributed by atoms with Gasteiger partial charge in [0.25, 0.3) is 0 Å². The maximum atomic E-state index is 12.5. The van der Waals surface area contributed by atoms with Gasteiger partial charge in [-0.2, -0.15) is 9.40 Å². The van der Waals surface area contributed by atoms with E-state index in [-0.39, 0.29) is 4.90 Å². The van der Waals surface area contributed by atoms with Crippen molar-refractivity contribution in [3.8, 4) is 0 Å².